The van der Waals surface area contributed by atoms with Crippen LogP contribution in [-0.4, -0.2) is 41.8 Å². The molecule has 0 aromatic heterocycles. The molecular weight excluding hydrogens is 282 g/mol. The number of urea groups is 1. The molecule has 0 fully saturated rings. The summed E-state index contributed by atoms with van der Waals surface area (Å²) in [4.78, 5) is 13.2. The van der Waals surface area contributed by atoms with Gasteiger partial charge in [0.15, 0.2) is 0 Å². The van der Waals surface area contributed by atoms with Gasteiger partial charge in [0, 0.05) is 13.6 Å². The molecule has 2 amide bonds. The van der Waals surface area contributed by atoms with E-state index in [0.717, 1.165) is 0 Å². The number of aliphatic hydroxyl groups is 1. The van der Waals surface area contributed by atoms with E-state index < -0.39 is 12.2 Å². The monoisotopic (exact) mass is 302 g/mol. The highest BCUT2D eigenvalue weighted by atomic mass is 19.3. The molecule has 1 aromatic carbocycles. The third kappa shape index (κ3) is 6.89. The van der Waals surface area contributed by atoms with Crippen molar-refractivity contribution in [2.45, 2.75) is 32.6 Å². The Bertz CT molecular complexity index is 476. The van der Waals surface area contributed by atoms with Crippen molar-refractivity contribution in [1.82, 2.24) is 10.2 Å². The summed E-state index contributed by atoms with van der Waals surface area (Å²) in [7, 11) is 1.56. The van der Waals surface area contributed by atoms with Crippen LogP contribution in [0.25, 0.3) is 0 Å². The molecular formula is C14H20F2N2O3. The lowest BCUT2D eigenvalue weighted by molar-refractivity contribution is -0.0498. The number of carbonyl (C=O) groups excluding carboxylic acids is 1. The van der Waals surface area contributed by atoms with Crippen molar-refractivity contribution < 1.29 is 23.4 Å². The van der Waals surface area contributed by atoms with E-state index in [0.29, 0.717) is 5.56 Å². The van der Waals surface area contributed by atoms with E-state index in [4.69, 9.17) is 0 Å². The fourth-order valence-corrected chi connectivity index (χ4v) is 1.80. The SMILES string of the molecule is CN(CC(C)(C)O)C(=O)NCc1cccc(OC(F)F)c1. The molecule has 0 bridgehead atoms. The molecule has 0 heterocycles. The number of rotatable bonds is 6. The van der Waals surface area contributed by atoms with E-state index in [1.54, 1.807) is 33.0 Å². The zero-order valence-electron chi connectivity index (χ0n) is 12.3. The quantitative estimate of drug-likeness (QED) is 0.847. The van der Waals surface area contributed by atoms with Gasteiger partial charge in [0.05, 0.1) is 12.1 Å². The predicted molar refractivity (Wildman–Crippen MR) is 74.2 cm³/mol. The molecule has 1 aromatic rings. The third-order valence-corrected chi connectivity index (χ3v) is 2.54. The molecule has 0 aliphatic rings. The lowest BCUT2D eigenvalue weighted by Gasteiger charge is -2.25. The maximum Gasteiger partial charge on any atom is 0.387 e. The standard InChI is InChI=1S/C14H20F2N2O3/c1-14(2,20)9-18(3)13(19)17-8-10-5-4-6-11(7-10)21-12(15)16/h4-7,12,20H,8-9H2,1-3H3,(H,17,19). The van der Waals surface area contributed by atoms with Gasteiger partial charge in [-0.05, 0) is 31.5 Å². The number of halogens is 2. The van der Waals surface area contributed by atoms with E-state index in [1.165, 1.54) is 17.0 Å². The Morgan fingerprint density at radius 1 is 1.48 bits per heavy atom. The Morgan fingerprint density at radius 3 is 2.71 bits per heavy atom. The minimum absolute atomic E-state index is 0.0431. The van der Waals surface area contributed by atoms with Gasteiger partial charge in [0.2, 0.25) is 0 Å². The van der Waals surface area contributed by atoms with Crippen LogP contribution in [0.5, 0.6) is 5.75 Å². The zero-order chi connectivity index (χ0) is 16.0. The second-order valence-electron chi connectivity index (χ2n) is 5.35. The second kappa shape index (κ2) is 7.21. The molecule has 0 aliphatic carbocycles. The van der Waals surface area contributed by atoms with Gasteiger partial charge in [-0.15, -0.1) is 0 Å². The first-order chi connectivity index (χ1) is 9.67. The van der Waals surface area contributed by atoms with Crippen LogP contribution in [0.2, 0.25) is 0 Å². The van der Waals surface area contributed by atoms with Crippen LogP contribution >= 0.6 is 0 Å². The van der Waals surface area contributed by atoms with Crippen molar-refractivity contribution in [3.63, 3.8) is 0 Å². The van der Waals surface area contributed by atoms with Crippen molar-refractivity contribution >= 4 is 6.03 Å². The van der Waals surface area contributed by atoms with Crippen LogP contribution in [0.1, 0.15) is 19.4 Å². The van der Waals surface area contributed by atoms with Crippen molar-refractivity contribution in [3.05, 3.63) is 29.8 Å². The van der Waals surface area contributed by atoms with E-state index in [1.807, 2.05) is 0 Å². The number of alkyl halides is 2. The normalized spacial score (nSPS) is 11.4. The second-order valence-corrected chi connectivity index (χ2v) is 5.35. The maximum atomic E-state index is 12.1. The molecule has 7 heteroatoms. The summed E-state index contributed by atoms with van der Waals surface area (Å²) in [5, 5.41) is 12.3. The number of nitrogens with one attached hydrogen (secondary N) is 1. The van der Waals surface area contributed by atoms with Crippen LogP contribution in [0.4, 0.5) is 13.6 Å². The zero-order valence-corrected chi connectivity index (χ0v) is 12.3. The number of hydrogen-bond acceptors (Lipinski definition) is 3. The van der Waals surface area contributed by atoms with Crippen LogP contribution in [0.3, 0.4) is 0 Å². The Labute approximate surface area is 122 Å². The summed E-state index contributed by atoms with van der Waals surface area (Å²) < 4.78 is 28.5. The number of hydrogen-bond donors (Lipinski definition) is 2. The van der Waals surface area contributed by atoms with Gasteiger partial charge < -0.3 is 20.1 Å². The topological polar surface area (TPSA) is 61.8 Å². The van der Waals surface area contributed by atoms with Gasteiger partial charge in [-0.25, -0.2) is 4.79 Å². The van der Waals surface area contributed by atoms with Gasteiger partial charge in [-0.3, -0.25) is 0 Å². The van der Waals surface area contributed by atoms with E-state index in [-0.39, 0.29) is 24.9 Å². The number of benzene rings is 1. The molecule has 1 rings (SSSR count). The fraction of sp³-hybridized carbons (Fsp3) is 0.500. The summed E-state index contributed by atoms with van der Waals surface area (Å²) in [5.74, 6) is 0.0431. The molecule has 118 valence electrons. The van der Waals surface area contributed by atoms with Gasteiger partial charge in [-0.1, -0.05) is 12.1 Å². The highest BCUT2D eigenvalue weighted by Gasteiger charge is 2.19. The van der Waals surface area contributed by atoms with E-state index >= 15 is 0 Å². The van der Waals surface area contributed by atoms with Gasteiger partial charge in [0.25, 0.3) is 0 Å². The van der Waals surface area contributed by atoms with Crippen LogP contribution in [0.15, 0.2) is 24.3 Å². The first kappa shape index (κ1) is 17.2. The summed E-state index contributed by atoms with van der Waals surface area (Å²) in [6, 6.07) is 5.74. The summed E-state index contributed by atoms with van der Waals surface area (Å²) in [6.07, 6.45) is 0. The van der Waals surface area contributed by atoms with Gasteiger partial charge >= 0.3 is 12.6 Å². The van der Waals surface area contributed by atoms with Crippen molar-refractivity contribution in [1.29, 1.82) is 0 Å². The molecule has 0 spiro atoms. The minimum Gasteiger partial charge on any atom is -0.435 e. The van der Waals surface area contributed by atoms with E-state index in [9.17, 15) is 18.7 Å². The Balaban J connectivity index is 2.53. The van der Waals surface area contributed by atoms with Crippen LogP contribution in [-0.2, 0) is 6.54 Å². The smallest absolute Gasteiger partial charge is 0.387 e. The molecule has 0 radical (unpaired) electrons. The Morgan fingerprint density at radius 2 is 2.14 bits per heavy atom. The first-order valence-electron chi connectivity index (χ1n) is 6.42. The lowest BCUT2D eigenvalue weighted by Crippen LogP contribution is -2.44. The summed E-state index contributed by atoms with van der Waals surface area (Å²) in [5.41, 5.74) is -0.352. The van der Waals surface area contributed by atoms with Gasteiger partial charge in [0.1, 0.15) is 5.75 Å². The first-order valence-corrected chi connectivity index (χ1v) is 6.42. The third-order valence-electron chi connectivity index (χ3n) is 2.54. The van der Waals surface area contributed by atoms with Crippen molar-refractivity contribution in [2.24, 2.45) is 0 Å². The van der Waals surface area contributed by atoms with E-state index in [2.05, 4.69) is 10.1 Å². The van der Waals surface area contributed by atoms with Crippen molar-refractivity contribution in [3.8, 4) is 5.75 Å². The molecule has 0 atom stereocenters. The summed E-state index contributed by atoms with van der Waals surface area (Å²) in [6.45, 7) is 0.667. The highest BCUT2D eigenvalue weighted by molar-refractivity contribution is 5.73. The number of carbonyl (C=O) groups is 1. The molecule has 21 heavy (non-hydrogen) atoms. The number of likely N-dealkylation sites (N-methyl/N-ethyl adjacent to an activating group) is 1. The molecule has 0 unspecified atom stereocenters. The number of ether oxygens (including phenoxy) is 1. The molecule has 5 nitrogen and oxygen atoms in total. The average Bonchev–Trinajstić information content (AvgIpc) is 2.33. The minimum atomic E-state index is -2.88. The molecule has 0 aliphatic heterocycles. The Hall–Kier alpha value is -1.89. The average molecular weight is 302 g/mol. The fourth-order valence-electron chi connectivity index (χ4n) is 1.80. The highest BCUT2D eigenvalue weighted by Crippen LogP contribution is 2.15. The maximum absolute atomic E-state index is 12.1. The Kier molecular flexibility index (Phi) is 5.90. The van der Waals surface area contributed by atoms with Crippen LogP contribution in [0, 0.1) is 0 Å². The predicted octanol–water partition coefficient (Wildman–Crippen LogP) is 2.20. The number of nitrogens with zero attached hydrogens (tertiary/aromatic N) is 1. The van der Waals surface area contributed by atoms with Gasteiger partial charge in [-0.2, -0.15) is 8.78 Å². The number of amides is 2. The van der Waals surface area contributed by atoms with Crippen LogP contribution < -0.4 is 10.1 Å². The lowest BCUT2D eigenvalue weighted by atomic mass is 10.1. The molecule has 0 saturated heterocycles. The largest absolute Gasteiger partial charge is 0.435 e. The molecule has 2 N–H and O–H groups in total. The summed E-state index contributed by atoms with van der Waals surface area (Å²) >= 11 is 0. The molecule has 0 saturated carbocycles. The van der Waals surface area contributed by atoms with Crippen molar-refractivity contribution in [2.75, 3.05) is 13.6 Å².